The van der Waals surface area contributed by atoms with Gasteiger partial charge in [0.2, 0.25) is 0 Å². The molecule has 2 aromatic carbocycles. The van der Waals surface area contributed by atoms with E-state index in [-0.39, 0.29) is 11.8 Å². The summed E-state index contributed by atoms with van der Waals surface area (Å²) in [6.07, 6.45) is 4.25. The van der Waals surface area contributed by atoms with Crippen molar-refractivity contribution in [1.29, 1.82) is 0 Å². The molecule has 0 saturated carbocycles. The third-order valence-electron chi connectivity index (χ3n) is 5.10. The predicted molar refractivity (Wildman–Crippen MR) is 108 cm³/mol. The predicted octanol–water partition coefficient (Wildman–Crippen LogP) is 4.67. The Morgan fingerprint density at radius 2 is 1.85 bits per heavy atom. The second kappa shape index (κ2) is 9.05. The van der Waals surface area contributed by atoms with E-state index in [4.69, 9.17) is 11.6 Å². The van der Waals surface area contributed by atoms with Crippen LogP contribution in [0, 0.1) is 0 Å². The number of hydrogen-bond acceptors (Lipinski definition) is 2. The maximum atomic E-state index is 12.9. The van der Waals surface area contributed by atoms with E-state index in [2.05, 4.69) is 12.2 Å². The first-order chi connectivity index (χ1) is 13.1. The Kier molecular flexibility index (Phi) is 6.51. The van der Waals surface area contributed by atoms with Crippen LogP contribution < -0.4 is 5.32 Å². The maximum absolute atomic E-state index is 12.9. The van der Waals surface area contributed by atoms with Crippen LogP contribution in [0.5, 0.6) is 0 Å². The molecule has 0 radical (unpaired) electrons. The lowest BCUT2D eigenvalue weighted by Crippen LogP contribution is -2.43. The third-order valence-corrected chi connectivity index (χ3v) is 5.35. The molecule has 1 unspecified atom stereocenters. The minimum Gasteiger partial charge on any atom is -0.348 e. The summed E-state index contributed by atoms with van der Waals surface area (Å²) in [7, 11) is 0. The number of piperidine rings is 1. The normalized spacial score (nSPS) is 16.8. The molecule has 1 atom stereocenters. The Hall–Kier alpha value is -2.33. The molecule has 1 N–H and O–H groups in total. The van der Waals surface area contributed by atoms with Crippen molar-refractivity contribution < 1.29 is 9.59 Å². The van der Waals surface area contributed by atoms with Crippen molar-refractivity contribution in [3.05, 3.63) is 70.2 Å². The van der Waals surface area contributed by atoms with Crippen molar-refractivity contribution in [3.63, 3.8) is 0 Å². The summed E-state index contributed by atoms with van der Waals surface area (Å²) in [6, 6.07) is 14.6. The summed E-state index contributed by atoms with van der Waals surface area (Å²) in [5.41, 5.74) is 2.05. The van der Waals surface area contributed by atoms with Gasteiger partial charge in [0.1, 0.15) is 0 Å². The third kappa shape index (κ3) is 4.89. The molecule has 1 aliphatic heterocycles. The van der Waals surface area contributed by atoms with Crippen LogP contribution in [0.15, 0.2) is 48.5 Å². The van der Waals surface area contributed by atoms with Gasteiger partial charge in [-0.05, 0) is 61.6 Å². The lowest BCUT2D eigenvalue weighted by molar-refractivity contribution is 0.0608. The monoisotopic (exact) mass is 384 g/mol. The van der Waals surface area contributed by atoms with E-state index in [0.29, 0.717) is 28.7 Å². The molecule has 1 heterocycles. The van der Waals surface area contributed by atoms with Crippen molar-refractivity contribution >= 4 is 23.4 Å². The van der Waals surface area contributed by atoms with Gasteiger partial charge in [-0.1, -0.05) is 36.7 Å². The Morgan fingerprint density at radius 1 is 1.11 bits per heavy atom. The van der Waals surface area contributed by atoms with Crippen molar-refractivity contribution in [1.82, 2.24) is 10.2 Å². The van der Waals surface area contributed by atoms with Gasteiger partial charge in [0.15, 0.2) is 0 Å². The Balaban J connectivity index is 1.67. The van der Waals surface area contributed by atoms with E-state index in [0.717, 1.165) is 31.4 Å². The van der Waals surface area contributed by atoms with E-state index in [1.807, 2.05) is 17.0 Å². The molecule has 0 spiro atoms. The highest BCUT2D eigenvalue weighted by Crippen LogP contribution is 2.22. The number of hydrogen-bond donors (Lipinski definition) is 1. The molecule has 142 valence electrons. The highest BCUT2D eigenvalue weighted by Gasteiger charge is 2.26. The summed E-state index contributed by atoms with van der Waals surface area (Å²) in [5.74, 6) is -0.167. The van der Waals surface area contributed by atoms with Crippen LogP contribution in [-0.4, -0.2) is 29.3 Å². The summed E-state index contributed by atoms with van der Waals surface area (Å²) < 4.78 is 0. The van der Waals surface area contributed by atoms with E-state index in [9.17, 15) is 9.59 Å². The second-order valence-corrected chi connectivity index (χ2v) is 7.38. The highest BCUT2D eigenvalue weighted by molar-refractivity contribution is 6.30. The number of carbonyl (C=O) groups is 2. The van der Waals surface area contributed by atoms with Gasteiger partial charge in [-0.15, -0.1) is 0 Å². The Morgan fingerprint density at radius 3 is 2.59 bits per heavy atom. The molecule has 1 fully saturated rings. The standard InChI is InChI=1S/C22H25ClN2O2/c1-2-20-8-3-4-13-25(20)22(27)18-7-5-6-17(14-18)21(26)24-15-16-9-11-19(23)12-10-16/h5-7,9-12,14,20H,2-4,8,13,15H2,1H3,(H,24,26). The van der Waals surface area contributed by atoms with Gasteiger partial charge in [0.05, 0.1) is 0 Å². The van der Waals surface area contributed by atoms with Crippen molar-refractivity contribution in [3.8, 4) is 0 Å². The molecule has 0 aromatic heterocycles. The quantitative estimate of drug-likeness (QED) is 0.813. The molecule has 5 heteroatoms. The fourth-order valence-electron chi connectivity index (χ4n) is 3.54. The molecule has 4 nitrogen and oxygen atoms in total. The molecule has 2 amide bonds. The van der Waals surface area contributed by atoms with E-state index >= 15 is 0 Å². The van der Waals surface area contributed by atoms with Crippen molar-refractivity contribution in [2.24, 2.45) is 0 Å². The molecule has 1 saturated heterocycles. The molecule has 0 bridgehead atoms. The van der Waals surface area contributed by atoms with Gasteiger partial charge >= 0.3 is 0 Å². The van der Waals surface area contributed by atoms with Gasteiger partial charge < -0.3 is 10.2 Å². The molecular formula is C22H25ClN2O2. The minimum absolute atomic E-state index is 0.0221. The molecular weight excluding hydrogens is 360 g/mol. The van der Waals surface area contributed by atoms with Crippen LogP contribution >= 0.6 is 11.6 Å². The highest BCUT2D eigenvalue weighted by atomic mass is 35.5. The van der Waals surface area contributed by atoms with Gasteiger partial charge in [-0.2, -0.15) is 0 Å². The number of benzene rings is 2. The number of carbonyl (C=O) groups excluding carboxylic acids is 2. The maximum Gasteiger partial charge on any atom is 0.254 e. The largest absolute Gasteiger partial charge is 0.348 e. The lowest BCUT2D eigenvalue weighted by Gasteiger charge is -2.35. The first-order valence-electron chi connectivity index (χ1n) is 9.52. The van der Waals surface area contributed by atoms with Crippen LogP contribution in [0.1, 0.15) is 58.9 Å². The molecule has 27 heavy (non-hydrogen) atoms. The lowest BCUT2D eigenvalue weighted by atomic mass is 9.98. The van der Waals surface area contributed by atoms with Gasteiger partial charge in [-0.25, -0.2) is 0 Å². The van der Waals surface area contributed by atoms with E-state index in [1.54, 1.807) is 36.4 Å². The average Bonchev–Trinajstić information content (AvgIpc) is 2.72. The number of likely N-dealkylation sites (tertiary alicyclic amines) is 1. The fraction of sp³-hybridized carbons (Fsp3) is 0.364. The summed E-state index contributed by atoms with van der Waals surface area (Å²) in [6.45, 7) is 3.33. The van der Waals surface area contributed by atoms with Crippen LogP contribution in [-0.2, 0) is 6.54 Å². The first kappa shape index (κ1) is 19.4. The topological polar surface area (TPSA) is 49.4 Å². The van der Waals surface area contributed by atoms with Gasteiger partial charge in [0, 0.05) is 35.3 Å². The number of nitrogens with one attached hydrogen (secondary N) is 1. The van der Waals surface area contributed by atoms with Crippen LogP contribution in [0.2, 0.25) is 5.02 Å². The van der Waals surface area contributed by atoms with E-state index in [1.165, 1.54) is 6.42 Å². The Bertz CT molecular complexity index is 804. The summed E-state index contributed by atoms with van der Waals surface area (Å²) in [5, 5.41) is 3.56. The molecule has 1 aliphatic rings. The minimum atomic E-state index is -0.190. The average molecular weight is 385 g/mol. The zero-order valence-electron chi connectivity index (χ0n) is 15.6. The first-order valence-corrected chi connectivity index (χ1v) is 9.90. The van der Waals surface area contributed by atoms with Crippen LogP contribution in [0.4, 0.5) is 0 Å². The SMILES string of the molecule is CCC1CCCCN1C(=O)c1cccc(C(=O)NCc2ccc(Cl)cc2)c1. The van der Waals surface area contributed by atoms with Crippen LogP contribution in [0.25, 0.3) is 0 Å². The number of halogens is 1. The van der Waals surface area contributed by atoms with E-state index < -0.39 is 0 Å². The summed E-state index contributed by atoms with van der Waals surface area (Å²) >= 11 is 5.88. The zero-order valence-corrected chi connectivity index (χ0v) is 16.3. The van der Waals surface area contributed by atoms with Crippen LogP contribution in [0.3, 0.4) is 0 Å². The fourth-order valence-corrected chi connectivity index (χ4v) is 3.66. The molecule has 0 aliphatic carbocycles. The van der Waals surface area contributed by atoms with Gasteiger partial charge in [-0.3, -0.25) is 9.59 Å². The number of nitrogens with zero attached hydrogens (tertiary/aromatic N) is 1. The zero-order chi connectivity index (χ0) is 19.2. The molecule has 3 rings (SSSR count). The summed E-state index contributed by atoms with van der Waals surface area (Å²) in [4.78, 5) is 27.4. The smallest absolute Gasteiger partial charge is 0.254 e. The van der Waals surface area contributed by atoms with Crippen molar-refractivity contribution in [2.45, 2.75) is 45.2 Å². The second-order valence-electron chi connectivity index (χ2n) is 6.95. The van der Waals surface area contributed by atoms with Gasteiger partial charge in [0.25, 0.3) is 11.8 Å². The Labute approximate surface area is 165 Å². The number of rotatable bonds is 5. The molecule has 2 aromatic rings. The number of amides is 2. The van der Waals surface area contributed by atoms with Crippen molar-refractivity contribution in [2.75, 3.05) is 6.54 Å².